The van der Waals surface area contributed by atoms with Gasteiger partial charge in [0.15, 0.2) is 11.5 Å². The molecular formula is C19H15ClN2O3S. The van der Waals surface area contributed by atoms with Gasteiger partial charge in [-0.15, -0.1) is 11.3 Å². The van der Waals surface area contributed by atoms with E-state index in [0.717, 1.165) is 16.5 Å². The largest absolute Gasteiger partial charge is 0.493 e. The van der Waals surface area contributed by atoms with Gasteiger partial charge in [0.05, 0.1) is 24.4 Å². The van der Waals surface area contributed by atoms with E-state index in [1.54, 1.807) is 37.4 Å². The van der Waals surface area contributed by atoms with Gasteiger partial charge in [-0.2, -0.15) is 5.26 Å². The summed E-state index contributed by atoms with van der Waals surface area (Å²) in [6, 6.07) is 14.3. The van der Waals surface area contributed by atoms with Crippen molar-refractivity contribution >= 4 is 22.9 Å². The summed E-state index contributed by atoms with van der Waals surface area (Å²) in [6.07, 6.45) is 0. The Labute approximate surface area is 160 Å². The summed E-state index contributed by atoms with van der Waals surface area (Å²) in [4.78, 5) is 4.50. The number of nitrogens with zero attached hydrogens (tertiary/aromatic N) is 2. The maximum absolute atomic E-state index is 8.93. The van der Waals surface area contributed by atoms with Crippen LogP contribution in [0.1, 0.15) is 16.3 Å². The molecular weight excluding hydrogens is 372 g/mol. The number of hydrogen-bond acceptors (Lipinski definition) is 6. The van der Waals surface area contributed by atoms with E-state index in [1.807, 2.05) is 17.5 Å². The van der Waals surface area contributed by atoms with Gasteiger partial charge in [0, 0.05) is 16.5 Å². The Morgan fingerprint density at radius 3 is 2.62 bits per heavy atom. The Bertz CT molecular complexity index is 919. The van der Waals surface area contributed by atoms with Crippen molar-refractivity contribution in [3.63, 3.8) is 0 Å². The van der Waals surface area contributed by atoms with E-state index in [9.17, 15) is 0 Å². The standard InChI is InChI=1S/C19H15ClN2O3S/c1-23-18-8-13(9-21)2-7-17(18)25-10-15-12-26-19(22-15)11-24-16-5-3-14(20)4-6-16/h2-8,12H,10-11H2,1H3. The third-order valence-electron chi connectivity index (χ3n) is 3.44. The molecule has 0 aliphatic carbocycles. The highest BCUT2D eigenvalue weighted by Gasteiger charge is 2.08. The molecule has 0 fully saturated rings. The van der Waals surface area contributed by atoms with Crippen LogP contribution in [0.4, 0.5) is 0 Å². The van der Waals surface area contributed by atoms with Gasteiger partial charge in [-0.1, -0.05) is 11.6 Å². The van der Waals surface area contributed by atoms with Gasteiger partial charge < -0.3 is 14.2 Å². The molecule has 0 atom stereocenters. The normalized spacial score (nSPS) is 10.2. The Kier molecular flexibility index (Phi) is 5.95. The quantitative estimate of drug-likeness (QED) is 0.581. The summed E-state index contributed by atoms with van der Waals surface area (Å²) >= 11 is 7.36. The number of methoxy groups -OCH3 is 1. The first kappa shape index (κ1) is 18.1. The number of ether oxygens (including phenoxy) is 3. The minimum absolute atomic E-state index is 0.305. The Morgan fingerprint density at radius 1 is 1.08 bits per heavy atom. The molecule has 0 aliphatic heterocycles. The molecule has 0 amide bonds. The first-order valence-corrected chi connectivity index (χ1v) is 8.96. The van der Waals surface area contributed by atoms with Gasteiger partial charge in [-0.3, -0.25) is 0 Å². The highest BCUT2D eigenvalue weighted by atomic mass is 35.5. The molecule has 0 aliphatic rings. The molecule has 5 nitrogen and oxygen atoms in total. The second kappa shape index (κ2) is 8.56. The van der Waals surface area contributed by atoms with Crippen LogP contribution in [0.2, 0.25) is 5.02 Å². The van der Waals surface area contributed by atoms with Gasteiger partial charge in [-0.05, 0) is 36.4 Å². The number of halogens is 1. The predicted octanol–water partition coefficient (Wildman–Crippen LogP) is 4.83. The highest BCUT2D eigenvalue weighted by molar-refractivity contribution is 7.09. The average molecular weight is 387 g/mol. The first-order chi connectivity index (χ1) is 12.7. The average Bonchev–Trinajstić information content (AvgIpc) is 3.13. The van der Waals surface area contributed by atoms with Crippen molar-refractivity contribution in [3.8, 4) is 23.3 Å². The fourth-order valence-electron chi connectivity index (χ4n) is 2.17. The summed E-state index contributed by atoms with van der Waals surface area (Å²) in [7, 11) is 1.54. The van der Waals surface area contributed by atoms with E-state index in [-0.39, 0.29) is 0 Å². The fourth-order valence-corrected chi connectivity index (χ4v) is 2.98. The topological polar surface area (TPSA) is 64.4 Å². The second-order valence-electron chi connectivity index (χ2n) is 5.24. The molecule has 0 radical (unpaired) electrons. The lowest BCUT2D eigenvalue weighted by molar-refractivity contribution is 0.279. The van der Waals surface area contributed by atoms with E-state index >= 15 is 0 Å². The second-order valence-corrected chi connectivity index (χ2v) is 6.62. The molecule has 0 saturated heterocycles. The van der Waals surface area contributed by atoms with Crippen LogP contribution in [0.3, 0.4) is 0 Å². The van der Waals surface area contributed by atoms with Crippen LogP contribution in [-0.2, 0) is 13.2 Å². The number of rotatable bonds is 7. The zero-order valence-corrected chi connectivity index (χ0v) is 15.5. The molecule has 132 valence electrons. The maximum Gasteiger partial charge on any atom is 0.162 e. The lowest BCUT2D eigenvalue weighted by Gasteiger charge is -2.09. The van der Waals surface area contributed by atoms with Crippen molar-refractivity contribution in [1.29, 1.82) is 5.26 Å². The minimum Gasteiger partial charge on any atom is -0.493 e. The van der Waals surface area contributed by atoms with E-state index in [1.165, 1.54) is 11.3 Å². The summed E-state index contributed by atoms with van der Waals surface area (Å²) in [5, 5.41) is 12.4. The zero-order valence-electron chi connectivity index (χ0n) is 13.9. The first-order valence-electron chi connectivity index (χ1n) is 7.70. The SMILES string of the molecule is COc1cc(C#N)ccc1OCc1csc(COc2ccc(Cl)cc2)n1. The van der Waals surface area contributed by atoms with Crippen molar-refractivity contribution in [1.82, 2.24) is 4.98 Å². The van der Waals surface area contributed by atoms with Gasteiger partial charge >= 0.3 is 0 Å². The molecule has 0 unspecified atom stereocenters. The van der Waals surface area contributed by atoms with Crippen molar-refractivity contribution < 1.29 is 14.2 Å². The van der Waals surface area contributed by atoms with Gasteiger partial charge in [0.25, 0.3) is 0 Å². The molecule has 7 heteroatoms. The molecule has 2 aromatic carbocycles. The van der Waals surface area contributed by atoms with Gasteiger partial charge in [0.2, 0.25) is 0 Å². The molecule has 0 saturated carbocycles. The number of thiazole rings is 1. The summed E-state index contributed by atoms with van der Waals surface area (Å²) in [6.45, 7) is 0.687. The number of aromatic nitrogens is 1. The monoisotopic (exact) mass is 386 g/mol. The van der Waals surface area contributed by atoms with E-state index < -0.39 is 0 Å². The number of hydrogen-bond donors (Lipinski definition) is 0. The molecule has 0 N–H and O–H groups in total. The Morgan fingerprint density at radius 2 is 1.88 bits per heavy atom. The van der Waals surface area contributed by atoms with Crippen LogP contribution in [0.15, 0.2) is 47.8 Å². The molecule has 1 aromatic heterocycles. The Balaban J connectivity index is 1.57. The highest BCUT2D eigenvalue weighted by Crippen LogP contribution is 2.28. The smallest absolute Gasteiger partial charge is 0.162 e. The maximum atomic E-state index is 8.93. The lowest BCUT2D eigenvalue weighted by atomic mass is 10.2. The van der Waals surface area contributed by atoms with E-state index in [2.05, 4.69) is 11.1 Å². The molecule has 3 aromatic rings. The molecule has 26 heavy (non-hydrogen) atoms. The zero-order chi connectivity index (χ0) is 18.4. The van der Waals surface area contributed by atoms with Crippen molar-refractivity contribution in [2.45, 2.75) is 13.2 Å². The summed E-state index contributed by atoms with van der Waals surface area (Å²) < 4.78 is 16.7. The van der Waals surface area contributed by atoms with Crippen molar-refractivity contribution in [2.24, 2.45) is 0 Å². The third kappa shape index (κ3) is 4.66. The summed E-state index contributed by atoms with van der Waals surface area (Å²) in [5.74, 6) is 1.83. The van der Waals surface area contributed by atoms with Crippen molar-refractivity contribution in [3.05, 3.63) is 69.1 Å². The molecule has 3 rings (SSSR count). The van der Waals surface area contributed by atoms with Crippen LogP contribution in [-0.4, -0.2) is 12.1 Å². The summed E-state index contributed by atoms with van der Waals surface area (Å²) in [5.41, 5.74) is 1.32. The number of benzene rings is 2. The van der Waals surface area contributed by atoms with Crippen LogP contribution in [0, 0.1) is 11.3 Å². The third-order valence-corrected chi connectivity index (χ3v) is 4.57. The molecule has 0 bridgehead atoms. The molecule has 0 spiro atoms. The van der Waals surface area contributed by atoms with Crippen LogP contribution >= 0.6 is 22.9 Å². The van der Waals surface area contributed by atoms with Gasteiger partial charge in [-0.25, -0.2) is 4.98 Å². The van der Waals surface area contributed by atoms with Crippen LogP contribution in [0.25, 0.3) is 0 Å². The fraction of sp³-hybridized carbons (Fsp3) is 0.158. The molecule has 1 heterocycles. The Hall–Kier alpha value is -2.75. The lowest BCUT2D eigenvalue weighted by Crippen LogP contribution is -2.00. The minimum atomic E-state index is 0.305. The van der Waals surface area contributed by atoms with Crippen LogP contribution in [0.5, 0.6) is 17.2 Å². The van der Waals surface area contributed by atoms with E-state index in [4.69, 9.17) is 31.1 Å². The van der Waals surface area contributed by atoms with E-state index in [0.29, 0.717) is 35.3 Å². The van der Waals surface area contributed by atoms with Crippen molar-refractivity contribution in [2.75, 3.05) is 7.11 Å². The van der Waals surface area contributed by atoms with Gasteiger partial charge in [0.1, 0.15) is 24.0 Å². The van der Waals surface area contributed by atoms with Crippen LogP contribution < -0.4 is 14.2 Å². The number of nitriles is 1. The predicted molar refractivity (Wildman–Crippen MR) is 99.9 cm³/mol.